The predicted octanol–water partition coefficient (Wildman–Crippen LogP) is 3.24. The summed E-state index contributed by atoms with van der Waals surface area (Å²) in [4.78, 5) is 18.4. The Labute approximate surface area is 99.9 Å². The minimum Gasteiger partial charge on any atom is -0.352 e. The number of halogens is 1. The number of carbonyl (C=O) groups is 1. The fourth-order valence-electron chi connectivity index (χ4n) is 1.68. The molecule has 2 heterocycles. The van der Waals surface area contributed by atoms with Gasteiger partial charge < -0.3 is 4.98 Å². The van der Waals surface area contributed by atoms with Crippen molar-refractivity contribution in [2.45, 2.75) is 0 Å². The molecule has 0 atom stereocenters. The Morgan fingerprint density at radius 2 is 2.24 bits per heavy atom. The molecule has 0 saturated heterocycles. The van der Waals surface area contributed by atoms with Gasteiger partial charge in [0.1, 0.15) is 10.8 Å². The third-order valence-corrected chi connectivity index (χ3v) is 3.41. The van der Waals surface area contributed by atoms with Gasteiger partial charge >= 0.3 is 0 Å². The van der Waals surface area contributed by atoms with E-state index in [1.165, 1.54) is 29.7 Å². The van der Waals surface area contributed by atoms with Crippen molar-refractivity contribution in [2.24, 2.45) is 0 Å². The highest BCUT2D eigenvalue weighted by atomic mass is 32.1. The molecule has 1 N–H and O–H groups in total. The molecule has 0 aliphatic heterocycles. The monoisotopic (exact) mass is 246 g/mol. The molecule has 0 amide bonds. The highest BCUT2D eigenvalue weighted by Gasteiger charge is 2.08. The van der Waals surface area contributed by atoms with E-state index in [-0.39, 0.29) is 5.82 Å². The summed E-state index contributed by atoms with van der Waals surface area (Å²) in [5.74, 6) is -0.279. The maximum Gasteiger partial charge on any atom is 0.161 e. The number of aromatic nitrogens is 2. The molecule has 3 rings (SSSR count). The number of nitrogens with zero attached hydrogens (tertiary/aromatic N) is 1. The molecule has 3 nitrogen and oxygen atoms in total. The Balaban J connectivity index is 2.14. The molecule has 0 aliphatic carbocycles. The quantitative estimate of drug-likeness (QED) is 0.705. The molecule has 0 saturated carbocycles. The van der Waals surface area contributed by atoms with Crippen molar-refractivity contribution in [1.82, 2.24) is 9.97 Å². The second-order valence-electron chi connectivity index (χ2n) is 3.60. The summed E-state index contributed by atoms with van der Waals surface area (Å²) < 4.78 is 13.0. The fraction of sp³-hybridized carbons (Fsp3) is 0. The molecule has 0 unspecified atom stereocenters. The summed E-state index contributed by atoms with van der Waals surface area (Å²) in [5, 5.41) is 1.65. The van der Waals surface area contributed by atoms with Crippen molar-refractivity contribution >= 4 is 28.5 Å². The SMILES string of the molecule is O=Cc1cnc(-c2cc3ccc(F)cc3[nH]2)s1. The average Bonchev–Trinajstić information content (AvgIpc) is 2.93. The summed E-state index contributed by atoms with van der Waals surface area (Å²) in [6, 6.07) is 6.45. The summed E-state index contributed by atoms with van der Waals surface area (Å²) in [7, 11) is 0. The van der Waals surface area contributed by atoms with E-state index >= 15 is 0 Å². The van der Waals surface area contributed by atoms with Gasteiger partial charge in [-0.05, 0) is 24.3 Å². The molecule has 0 radical (unpaired) electrons. The van der Waals surface area contributed by atoms with Gasteiger partial charge in [-0.2, -0.15) is 0 Å². The van der Waals surface area contributed by atoms with Crippen molar-refractivity contribution < 1.29 is 9.18 Å². The van der Waals surface area contributed by atoms with Crippen LogP contribution in [0.3, 0.4) is 0 Å². The number of benzene rings is 1. The number of aldehydes is 1. The number of hydrogen-bond acceptors (Lipinski definition) is 3. The van der Waals surface area contributed by atoms with Crippen molar-refractivity contribution in [1.29, 1.82) is 0 Å². The van der Waals surface area contributed by atoms with Gasteiger partial charge in [0.25, 0.3) is 0 Å². The number of fused-ring (bicyclic) bond motifs is 1. The Bertz CT molecular complexity index is 701. The topological polar surface area (TPSA) is 45.8 Å². The van der Waals surface area contributed by atoms with Crippen molar-refractivity contribution in [3.8, 4) is 10.7 Å². The molecule has 3 aromatic rings. The smallest absolute Gasteiger partial charge is 0.161 e. The Kier molecular flexibility index (Phi) is 2.26. The summed E-state index contributed by atoms with van der Waals surface area (Å²) >= 11 is 1.30. The minimum absolute atomic E-state index is 0.279. The van der Waals surface area contributed by atoms with Crippen LogP contribution in [0.15, 0.2) is 30.5 Å². The fourth-order valence-corrected chi connectivity index (χ4v) is 2.38. The van der Waals surface area contributed by atoms with Crippen LogP contribution in [0.5, 0.6) is 0 Å². The second kappa shape index (κ2) is 3.78. The maximum absolute atomic E-state index is 13.0. The first kappa shape index (κ1) is 10.2. The maximum atomic E-state index is 13.0. The highest BCUT2D eigenvalue weighted by molar-refractivity contribution is 7.16. The normalized spacial score (nSPS) is 10.9. The van der Waals surface area contributed by atoms with Gasteiger partial charge in [0, 0.05) is 17.1 Å². The molecule has 2 aromatic heterocycles. The lowest BCUT2D eigenvalue weighted by Gasteiger charge is -1.88. The number of rotatable bonds is 2. The third-order valence-electron chi connectivity index (χ3n) is 2.45. The third kappa shape index (κ3) is 1.74. The standard InChI is InChI=1S/C12H7FN2OS/c13-8-2-1-7-3-11(15-10(7)4-8)12-14-5-9(6-16)17-12/h1-6,15H. The minimum atomic E-state index is -0.279. The van der Waals surface area contributed by atoms with Crippen LogP contribution in [0.4, 0.5) is 4.39 Å². The zero-order chi connectivity index (χ0) is 11.8. The average molecular weight is 246 g/mol. The summed E-state index contributed by atoms with van der Waals surface area (Å²) in [5.41, 5.74) is 1.52. The van der Waals surface area contributed by atoms with E-state index in [9.17, 15) is 9.18 Å². The van der Waals surface area contributed by atoms with Gasteiger partial charge in [0.05, 0.1) is 10.6 Å². The first-order valence-electron chi connectivity index (χ1n) is 4.96. The van der Waals surface area contributed by atoms with Gasteiger partial charge in [-0.3, -0.25) is 4.79 Å². The highest BCUT2D eigenvalue weighted by Crippen LogP contribution is 2.27. The van der Waals surface area contributed by atoms with Crippen LogP contribution >= 0.6 is 11.3 Å². The van der Waals surface area contributed by atoms with Crippen molar-refractivity contribution in [3.63, 3.8) is 0 Å². The van der Waals surface area contributed by atoms with Crippen LogP contribution in [-0.4, -0.2) is 16.3 Å². The first-order chi connectivity index (χ1) is 8.26. The molecule has 0 aliphatic rings. The number of aromatic amines is 1. The molecule has 17 heavy (non-hydrogen) atoms. The van der Waals surface area contributed by atoms with Crippen LogP contribution in [0.25, 0.3) is 21.6 Å². The number of thiazole rings is 1. The van der Waals surface area contributed by atoms with Crippen LogP contribution in [0, 0.1) is 5.82 Å². The van der Waals surface area contributed by atoms with Gasteiger partial charge in [-0.15, -0.1) is 11.3 Å². The second-order valence-corrected chi connectivity index (χ2v) is 4.66. The van der Waals surface area contributed by atoms with E-state index in [0.717, 1.165) is 27.9 Å². The summed E-state index contributed by atoms with van der Waals surface area (Å²) in [6.07, 6.45) is 2.29. The van der Waals surface area contributed by atoms with E-state index in [0.29, 0.717) is 4.88 Å². The van der Waals surface area contributed by atoms with Gasteiger partial charge in [-0.1, -0.05) is 0 Å². The molecule has 0 spiro atoms. The van der Waals surface area contributed by atoms with Crippen LogP contribution in [0.1, 0.15) is 9.67 Å². The Morgan fingerprint density at radius 3 is 3.00 bits per heavy atom. The Hall–Kier alpha value is -2.01. The van der Waals surface area contributed by atoms with E-state index in [2.05, 4.69) is 9.97 Å². The number of hydrogen-bond donors (Lipinski definition) is 1. The first-order valence-corrected chi connectivity index (χ1v) is 5.77. The van der Waals surface area contributed by atoms with E-state index in [1.54, 1.807) is 6.07 Å². The zero-order valence-electron chi connectivity index (χ0n) is 8.61. The van der Waals surface area contributed by atoms with Crippen LogP contribution < -0.4 is 0 Å². The molecule has 0 bridgehead atoms. The van der Waals surface area contributed by atoms with E-state index in [4.69, 9.17) is 0 Å². The van der Waals surface area contributed by atoms with Crippen molar-refractivity contribution in [3.05, 3.63) is 41.2 Å². The van der Waals surface area contributed by atoms with Crippen molar-refractivity contribution in [2.75, 3.05) is 0 Å². The number of H-pyrrole nitrogens is 1. The van der Waals surface area contributed by atoms with Gasteiger partial charge in [0.2, 0.25) is 0 Å². The molecule has 1 aromatic carbocycles. The largest absolute Gasteiger partial charge is 0.352 e. The van der Waals surface area contributed by atoms with Crippen LogP contribution in [0.2, 0.25) is 0 Å². The molecular formula is C12H7FN2OS. The lowest BCUT2D eigenvalue weighted by Crippen LogP contribution is -1.74. The van der Waals surface area contributed by atoms with Gasteiger partial charge in [-0.25, -0.2) is 9.37 Å². The lowest BCUT2D eigenvalue weighted by molar-refractivity contribution is 0.112. The lowest BCUT2D eigenvalue weighted by atomic mass is 10.2. The molecule has 0 fully saturated rings. The summed E-state index contributed by atoms with van der Waals surface area (Å²) in [6.45, 7) is 0. The van der Waals surface area contributed by atoms with E-state index < -0.39 is 0 Å². The molecular weight excluding hydrogens is 239 g/mol. The van der Waals surface area contributed by atoms with Crippen LogP contribution in [-0.2, 0) is 0 Å². The molecule has 5 heteroatoms. The Morgan fingerprint density at radius 1 is 1.35 bits per heavy atom. The van der Waals surface area contributed by atoms with E-state index in [1.807, 2.05) is 6.07 Å². The number of carbonyl (C=O) groups excluding carboxylic acids is 1. The number of nitrogens with one attached hydrogen (secondary N) is 1. The van der Waals surface area contributed by atoms with Gasteiger partial charge in [0.15, 0.2) is 6.29 Å². The zero-order valence-corrected chi connectivity index (χ0v) is 9.42. The molecule has 84 valence electrons. The predicted molar refractivity (Wildman–Crippen MR) is 64.8 cm³/mol.